The average molecular weight is 708 g/mol. The molecular formula is C41H77N3O6. The fraction of sp³-hybridized carbons (Fsp3) is 0.927. The van der Waals surface area contributed by atoms with Gasteiger partial charge >= 0.3 is 6.09 Å². The molecule has 9 nitrogen and oxygen atoms in total. The normalized spacial score (nSPS) is 26.9. The summed E-state index contributed by atoms with van der Waals surface area (Å²) in [6.45, 7) is 31.4. The zero-order valence-electron chi connectivity index (χ0n) is 34.7. The third-order valence-corrected chi connectivity index (χ3v) is 10.8. The van der Waals surface area contributed by atoms with Gasteiger partial charge in [0.2, 0.25) is 0 Å². The Balaban J connectivity index is 1.79. The number of ether oxygens (including phenoxy) is 3. The van der Waals surface area contributed by atoms with Crippen LogP contribution in [0.2, 0.25) is 0 Å². The topological polar surface area (TPSA) is 115 Å². The summed E-state index contributed by atoms with van der Waals surface area (Å²) < 4.78 is 17.9. The van der Waals surface area contributed by atoms with Crippen LogP contribution >= 0.6 is 0 Å². The predicted molar refractivity (Wildman–Crippen MR) is 203 cm³/mol. The van der Waals surface area contributed by atoms with Gasteiger partial charge in [-0.15, -0.1) is 0 Å². The molecule has 2 rings (SSSR count). The minimum Gasteiger partial charge on any atom is -0.444 e. The summed E-state index contributed by atoms with van der Waals surface area (Å²) in [5.41, 5.74) is -2.26. The van der Waals surface area contributed by atoms with Crippen molar-refractivity contribution in [1.29, 1.82) is 0 Å². The van der Waals surface area contributed by atoms with Gasteiger partial charge < -0.3 is 30.2 Å². The average Bonchev–Trinajstić information content (AvgIpc) is 2.91. The molecule has 4 atom stereocenters. The fourth-order valence-corrected chi connectivity index (χ4v) is 9.26. The molecule has 2 aliphatic carbocycles. The molecule has 2 saturated carbocycles. The highest BCUT2D eigenvalue weighted by molar-refractivity contribution is 5.84. The van der Waals surface area contributed by atoms with Gasteiger partial charge in [0.1, 0.15) is 16.8 Å². The van der Waals surface area contributed by atoms with Gasteiger partial charge in [-0.3, -0.25) is 9.59 Å². The van der Waals surface area contributed by atoms with Crippen LogP contribution in [0.1, 0.15) is 168 Å². The lowest BCUT2D eigenvalue weighted by atomic mass is 9.61. The van der Waals surface area contributed by atoms with Crippen LogP contribution in [0.25, 0.3) is 0 Å². The molecule has 0 spiro atoms. The van der Waals surface area contributed by atoms with Crippen molar-refractivity contribution in [3.63, 3.8) is 0 Å². The Kier molecular flexibility index (Phi) is 15.3. The van der Waals surface area contributed by atoms with E-state index in [0.29, 0.717) is 38.6 Å². The molecule has 0 radical (unpaired) electrons. The molecule has 0 aromatic carbocycles. The summed E-state index contributed by atoms with van der Waals surface area (Å²) in [6.07, 6.45) is 9.76. The second-order valence-corrected chi connectivity index (χ2v) is 20.1. The lowest BCUT2D eigenvalue weighted by molar-refractivity contribution is -0.144. The summed E-state index contributed by atoms with van der Waals surface area (Å²) in [6, 6.07) is -0.0601. The summed E-state index contributed by atoms with van der Waals surface area (Å²) in [7, 11) is 0. The Hall–Kier alpha value is -1.87. The van der Waals surface area contributed by atoms with Gasteiger partial charge in [0.05, 0.1) is 0 Å². The molecule has 3 amide bonds. The van der Waals surface area contributed by atoms with Gasteiger partial charge in [0.25, 0.3) is 11.8 Å². The van der Waals surface area contributed by atoms with E-state index in [1.807, 2.05) is 41.5 Å². The molecule has 2 aliphatic rings. The van der Waals surface area contributed by atoms with Gasteiger partial charge in [-0.1, -0.05) is 61.8 Å². The van der Waals surface area contributed by atoms with Crippen molar-refractivity contribution < 1.29 is 28.6 Å². The van der Waals surface area contributed by atoms with E-state index in [2.05, 4.69) is 71.3 Å². The Morgan fingerprint density at radius 1 is 0.680 bits per heavy atom. The lowest BCUT2D eigenvalue weighted by Crippen LogP contribution is -2.53. The van der Waals surface area contributed by atoms with Gasteiger partial charge in [-0.2, -0.15) is 0 Å². The highest BCUT2D eigenvalue weighted by Crippen LogP contribution is 2.48. The maximum Gasteiger partial charge on any atom is 0.407 e. The van der Waals surface area contributed by atoms with Gasteiger partial charge in [0.15, 0.2) is 0 Å². The number of hydrogen-bond acceptors (Lipinski definition) is 6. The van der Waals surface area contributed by atoms with E-state index < -0.39 is 22.9 Å². The molecule has 0 aliphatic heterocycles. The van der Waals surface area contributed by atoms with E-state index in [-0.39, 0.29) is 39.5 Å². The number of hydrogen-bond donors (Lipinski definition) is 3. The number of rotatable bonds is 18. The molecule has 3 N–H and O–H groups in total. The molecule has 0 aromatic heterocycles. The summed E-state index contributed by atoms with van der Waals surface area (Å²) in [4.78, 5) is 39.2. The van der Waals surface area contributed by atoms with Crippen molar-refractivity contribution in [2.75, 3.05) is 26.3 Å². The minimum absolute atomic E-state index is 0.00760. The van der Waals surface area contributed by atoms with Crippen molar-refractivity contribution >= 4 is 17.9 Å². The van der Waals surface area contributed by atoms with E-state index in [1.54, 1.807) is 0 Å². The molecule has 0 heterocycles. The van der Waals surface area contributed by atoms with Crippen molar-refractivity contribution in [3.8, 4) is 0 Å². The van der Waals surface area contributed by atoms with Crippen LogP contribution < -0.4 is 16.0 Å². The fourth-order valence-electron chi connectivity index (χ4n) is 9.26. The first-order valence-electron chi connectivity index (χ1n) is 19.6. The SMILES string of the molecule is CCCCOC(C)(C)C(=O)NCC1(C)CC(NC(=O)OC(C)(C)CCCCOC(C)(C)C(=O)NCC2(C)CC(C)CC(C)(C)C2)CC(C)(C)C1. The second-order valence-electron chi connectivity index (χ2n) is 20.1. The number of carbonyl (C=O) groups is 3. The molecule has 292 valence electrons. The van der Waals surface area contributed by atoms with Gasteiger partial charge in [-0.05, 0) is 133 Å². The largest absolute Gasteiger partial charge is 0.444 e. The summed E-state index contributed by atoms with van der Waals surface area (Å²) in [5.74, 6) is 0.475. The Bertz CT molecular complexity index is 1130. The molecule has 0 saturated heterocycles. The Morgan fingerprint density at radius 3 is 1.66 bits per heavy atom. The zero-order chi connectivity index (χ0) is 38.2. The first-order valence-corrected chi connectivity index (χ1v) is 19.6. The summed E-state index contributed by atoms with van der Waals surface area (Å²) in [5, 5.41) is 9.49. The Labute approximate surface area is 306 Å². The van der Waals surface area contributed by atoms with Crippen molar-refractivity contribution in [1.82, 2.24) is 16.0 Å². The van der Waals surface area contributed by atoms with E-state index in [4.69, 9.17) is 14.2 Å². The van der Waals surface area contributed by atoms with Crippen LogP contribution in [0.4, 0.5) is 4.79 Å². The van der Waals surface area contributed by atoms with E-state index >= 15 is 0 Å². The molecular weight excluding hydrogens is 630 g/mol. The smallest absolute Gasteiger partial charge is 0.407 e. The highest BCUT2D eigenvalue weighted by atomic mass is 16.6. The second kappa shape index (κ2) is 17.3. The maximum absolute atomic E-state index is 13.1. The lowest BCUT2D eigenvalue weighted by Gasteiger charge is -2.47. The Morgan fingerprint density at radius 2 is 1.16 bits per heavy atom. The van der Waals surface area contributed by atoms with Crippen LogP contribution in [0.3, 0.4) is 0 Å². The van der Waals surface area contributed by atoms with Gasteiger partial charge in [0, 0.05) is 32.3 Å². The number of alkyl carbamates (subject to hydrolysis) is 1. The van der Waals surface area contributed by atoms with Crippen LogP contribution in [0.15, 0.2) is 0 Å². The van der Waals surface area contributed by atoms with Crippen molar-refractivity contribution in [2.45, 2.75) is 190 Å². The number of carbonyl (C=O) groups excluding carboxylic acids is 3. The standard InChI is InChI=1S/C41H77N3O6/c1-15-16-20-48-38(9,10)32(45)43-29-41(14)25-31(24-36(5,6)27-41)44-34(47)50-37(7,8)19-17-18-21-49-39(11,12)33(46)42-28-40(13)23-30(2)22-35(3,4)26-40/h30-31H,15-29H2,1-14H3,(H,42,46)(H,43,45)(H,44,47). The molecule has 4 unspecified atom stereocenters. The number of amides is 3. The maximum atomic E-state index is 13.1. The molecule has 0 bridgehead atoms. The summed E-state index contributed by atoms with van der Waals surface area (Å²) >= 11 is 0. The quantitative estimate of drug-likeness (QED) is 0.123. The first kappa shape index (κ1) is 44.3. The van der Waals surface area contributed by atoms with Crippen LogP contribution in [0.5, 0.6) is 0 Å². The molecule has 2 fully saturated rings. The van der Waals surface area contributed by atoms with E-state index in [9.17, 15) is 14.4 Å². The third kappa shape index (κ3) is 15.0. The van der Waals surface area contributed by atoms with Crippen LogP contribution in [-0.4, -0.2) is 67.1 Å². The van der Waals surface area contributed by atoms with Crippen LogP contribution in [0, 0.1) is 27.6 Å². The van der Waals surface area contributed by atoms with Gasteiger partial charge in [-0.25, -0.2) is 4.79 Å². The monoisotopic (exact) mass is 708 g/mol. The predicted octanol–water partition coefficient (Wildman–Crippen LogP) is 8.72. The first-order chi connectivity index (χ1) is 22.7. The number of nitrogens with one attached hydrogen (secondary N) is 3. The van der Waals surface area contributed by atoms with Crippen LogP contribution in [-0.2, 0) is 23.8 Å². The molecule has 50 heavy (non-hydrogen) atoms. The molecule has 9 heteroatoms. The van der Waals surface area contributed by atoms with Crippen molar-refractivity contribution in [3.05, 3.63) is 0 Å². The minimum atomic E-state index is -0.915. The number of unbranched alkanes of at least 4 members (excludes halogenated alkanes) is 2. The zero-order valence-corrected chi connectivity index (χ0v) is 34.7. The van der Waals surface area contributed by atoms with E-state index in [0.717, 1.165) is 57.8 Å². The van der Waals surface area contributed by atoms with E-state index in [1.165, 1.54) is 6.42 Å². The molecule has 0 aromatic rings. The highest BCUT2D eigenvalue weighted by Gasteiger charge is 2.44. The third-order valence-electron chi connectivity index (χ3n) is 10.8. The van der Waals surface area contributed by atoms with Crippen molar-refractivity contribution in [2.24, 2.45) is 27.6 Å².